The molecule has 2 N–H and O–H groups in total. The molecule has 0 aliphatic carbocycles. The summed E-state index contributed by atoms with van der Waals surface area (Å²) in [5, 5.41) is 2.26. The van der Waals surface area contributed by atoms with E-state index >= 15 is 0 Å². The first-order valence-corrected chi connectivity index (χ1v) is 6.89. The number of alkyl halides is 3. The Kier molecular flexibility index (Phi) is 4.94. The lowest BCUT2D eigenvalue weighted by Gasteiger charge is -2.29. The number of rotatable bonds is 1. The third kappa shape index (κ3) is 5.17. The van der Waals surface area contributed by atoms with E-state index in [0.29, 0.717) is 6.54 Å². The van der Waals surface area contributed by atoms with Crippen LogP contribution in [0.3, 0.4) is 0 Å². The number of hydrogen-bond acceptors (Lipinski definition) is 3. The largest absolute Gasteiger partial charge is 0.403 e. The zero-order valence-electron chi connectivity index (χ0n) is 10.1. The average Bonchev–Trinajstić information content (AvgIpc) is 2.11. The van der Waals surface area contributed by atoms with Gasteiger partial charge in [0.1, 0.15) is 6.04 Å². The van der Waals surface area contributed by atoms with E-state index < -0.39 is 22.3 Å². The van der Waals surface area contributed by atoms with Crippen LogP contribution in [0, 0.1) is 6.92 Å². The van der Waals surface area contributed by atoms with Crippen LogP contribution in [0.4, 0.5) is 13.2 Å². The van der Waals surface area contributed by atoms with Gasteiger partial charge in [0.25, 0.3) is 10.1 Å². The van der Waals surface area contributed by atoms with E-state index in [0.717, 1.165) is 5.56 Å². The minimum Gasteiger partial charge on any atom is -0.306 e. The summed E-state index contributed by atoms with van der Waals surface area (Å²) < 4.78 is 63.9. The monoisotopic (exact) mass is 297 g/mol. The highest BCUT2D eigenvalue weighted by Crippen LogP contribution is 2.25. The van der Waals surface area contributed by atoms with Crippen molar-refractivity contribution in [2.75, 3.05) is 6.54 Å². The minimum absolute atomic E-state index is 0.0666. The fraction of sp³-hybridized carbons (Fsp3) is 0.455. The first-order valence-electron chi connectivity index (χ1n) is 5.45. The summed E-state index contributed by atoms with van der Waals surface area (Å²) in [6.07, 6.45) is -3.78. The minimum atomic E-state index is -4.02. The van der Waals surface area contributed by atoms with Crippen LogP contribution in [-0.4, -0.2) is 31.7 Å². The third-order valence-electron chi connectivity index (χ3n) is 2.54. The van der Waals surface area contributed by atoms with Crippen LogP contribution < -0.4 is 5.32 Å². The van der Waals surface area contributed by atoms with Gasteiger partial charge in [-0.1, -0.05) is 17.7 Å². The molecule has 1 saturated heterocycles. The smallest absolute Gasteiger partial charge is 0.306 e. The zero-order chi connectivity index (χ0) is 14.7. The molecular formula is C11H14F3NO3S. The van der Waals surface area contributed by atoms with Crippen molar-refractivity contribution in [1.29, 1.82) is 0 Å². The van der Waals surface area contributed by atoms with E-state index in [-0.39, 0.29) is 11.3 Å². The number of nitrogens with one attached hydrogen (secondary N) is 1. The summed E-state index contributed by atoms with van der Waals surface area (Å²) >= 11 is 0. The Hall–Kier alpha value is -1.12. The fourth-order valence-electron chi connectivity index (χ4n) is 1.28. The first kappa shape index (κ1) is 15.9. The summed E-state index contributed by atoms with van der Waals surface area (Å²) in [5.41, 5.74) is 0.956. The molecule has 0 amide bonds. The van der Waals surface area contributed by atoms with Crippen molar-refractivity contribution >= 4 is 10.1 Å². The van der Waals surface area contributed by atoms with E-state index in [4.69, 9.17) is 4.55 Å². The molecule has 19 heavy (non-hydrogen) atoms. The maximum atomic E-state index is 11.4. The molecule has 8 heteroatoms. The second-order valence-electron chi connectivity index (χ2n) is 4.13. The van der Waals surface area contributed by atoms with Crippen molar-refractivity contribution in [2.45, 2.75) is 30.5 Å². The Balaban J connectivity index is 0.000000200. The van der Waals surface area contributed by atoms with Gasteiger partial charge in [0, 0.05) is 0 Å². The van der Waals surface area contributed by atoms with E-state index in [2.05, 4.69) is 5.32 Å². The van der Waals surface area contributed by atoms with Gasteiger partial charge in [-0.3, -0.25) is 4.55 Å². The molecular weight excluding hydrogens is 283 g/mol. The number of hydrogen-bond donors (Lipinski definition) is 2. The Morgan fingerprint density at radius 2 is 1.74 bits per heavy atom. The molecule has 1 aliphatic rings. The highest BCUT2D eigenvalue weighted by atomic mass is 32.2. The summed E-state index contributed by atoms with van der Waals surface area (Å²) in [7, 11) is -4.02. The molecule has 0 aromatic heterocycles. The molecule has 0 radical (unpaired) electrons. The summed E-state index contributed by atoms with van der Waals surface area (Å²) in [6, 6.07) is 4.77. The number of aryl methyl sites for hydroxylation is 1. The van der Waals surface area contributed by atoms with E-state index in [1.54, 1.807) is 12.1 Å². The summed E-state index contributed by atoms with van der Waals surface area (Å²) in [6.45, 7) is 2.35. The molecule has 4 nitrogen and oxygen atoms in total. The van der Waals surface area contributed by atoms with Gasteiger partial charge < -0.3 is 5.32 Å². The van der Waals surface area contributed by atoms with Crippen LogP contribution in [0.5, 0.6) is 0 Å². The third-order valence-corrected chi connectivity index (χ3v) is 3.41. The second-order valence-corrected chi connectivity index (χ2v) is 5.55. The summed E-state index contributed by atoms with van der Waals surface area (Å²) in [4.78, 5) is -0.0666. The maximum absolute atomic E-state index is 11.4. The van der Waals surface area contributed by atoms with E-state index in [1.165, 1.54) is 12.1 Å². The van der Waals surface area contributed by atoms with Gasteiger partial charge in [-0.25, -0.2) is 0 Å². The molecule has 1 heterocycles. The Bertz CT molecular complexity index is 507. The quantitative estimate of drug-likeness (QED) is 0.780. The lowest BCUT2D eigenvalue weighted by Crippen LogP contribution is -2.52. The van der Waals surface area contributed by atoms with Crippen molar-refractivity contribution in [3.63, 3.8) is 0 Å². The maximum Gasteiger partial charge on any atom is 0.403 e. The van der Waals surface area contributed by atoms with Crippen molar-refractivity contribution in [1.82, 2.24) is 5.32 Å². The highest BCUT2D eigenvalue weighted by molar-refractivity contribution is 7.85. The van der Waals surface area contributed by atoms with Crippen molar-refractivity contribution in [3.05, 3.63) is 29.8 Å². The summed E-state index contributed by atoms with van der Waals surface area (Å²) in [5.74, 6) is 0. The molecule has 2 rings (SSSR count). The molecule has 0 spiro atoms. The van der Waals surface area contributed by atoms with Gasteiger partial charge in [0.05, 0.1) is 4.90 Å². The average molecular weight is 297 g/mol. The van der Waals surface area contributed by atoms with Gasteiger partial charge in [-0.15, -0.1) is 0 Å². The lowest BCUT2D eigenvalue weighted by atomic mass is 10.1. The normalized spacial score (nSPS) is 19.1. The molecule has 1 aliphatic heterocycles. The van der Waals surface area contributed by atoms with Crippen LogP contribution in [0.15, 0.2) is 29.2 Å². The van der Waals surface area contributed by atoms with E-state index in [9.17, 15) is 21.6 Å². The van der Waals surface area contributed by atoms with Crippen LogP contribution >= 0.6 is 0 Å². The van der Waals surface area contributed by atoms with Crippen LogP contribution in [0.1, 0.15) is 12.0 Å². The zero-order valence-corrected chi connectivity index (χ0v) is 10.9. The van der Waals surface area contributed by atoms with Crippen molar-refractivity contribution in [2.24, 2.45) is 0 Å². The number of halogens is 3. The topological polar surface area (TPSA) is 66.4 Å². The predicted molar refractivity (Wildman–Crippen MR) is 63.5 cm³/mol. The molecule has 0 bridgehead atoms. The molecule has 1 aromatic carbocycles. The van der Waals surface area contributed by atoms with Crippen LogP contribution in [-0.2, 0) is 10.1 Å². The fourth-order valence-corrected chi connectivity index (χ4v) is 1.76. The predicted octanol–water partition coefficient (Wildman–Crippen LogP) is 2.15. The van der Waals surface area contributed by atoms with Crippen LogP contribution in [0.2, 0.25) is 0 Å². The number of benzene rings is 1. The van der Waals surface area contributed by atoms with Gasteiger partial charge in [-0.2, -0.15) is 21.6 Å². The van der Waals surface area contributed by atoms with Crippen molar-refractivity contribution in [3.8, 4) is 0 Å². The molecule has 108 valence electrons. The molecule has 1 aromatic rings. The Morgan fingerprint density at radius 3 is 1.95 bits per heavy atom. The van der Waals surface area contributed by atoms with E-state index in [1.807, 2.05) is 6.92 Å². The molecule has 1 atom stereocenters. The second kappa shape index (κ2) is 5.89. The molecule has 1 fully saturated rings. The van der Waals surface area contributed by atoms with Gasteiger partial charge in [-0.05, 0) is 32.0 Å². The Labute approximate surface area is 109 Å². The van der Waals surface area contributed by atoms with Crippen molar-refractivity contribution < 1.29 is 26.1 Å². The first-order chi connectivity index (χ1) is 8.60. The Morgan fingerprint density at radius 1 is 1.26 bits per heavy atom. The van der Waals surface area contributed by atoms with Gasteiger partial charge >= 0.3 is 6.18 Å². The standard InChI is InChI=1S/C7H8O3S.C4H6F3N/c1-6-2-4-7(5-3-6)11(8,9)10;5-4(6,7)3-1-2-8-3/h2-5H,1H3,(H,8,9,10);3,8H,1-2H2/t;3-/m.1/s1. The van der Waals surface area contributed by atoms with Gasteiger partial charge in [0.2, 0.25) is 0 Å². The highest BCUT2D eigenvalue weighted by Gasteiger charge is 2.42. The van der Waals surface area contributed by atoms with Crippen LogP contribution in [0.25, 0.3) is 0 Å². The SMILES string of the molecule is Cc1ccc(S(=O)(=O)O)cc1.FC(F)(F)[C@H]1CCN1. The lowest BCUT2D eigenvalue weighted by molar-refractivity contribution is -0.169. The molecule has 0 saturated carbocycles. The van der Waals surface area contributed by atoms with Gasteiger partial charge in [0.15, 0.2) is 0 Å². The molecule has 0 unspecified atom stereocenters.